The Bertz CT molecular complexity index is 768. The van der Waals surface area contributed by atoms with Gasteiger partial charge in [0, 0.05) is 12.2 Å². The average molecular weight is 342 g/mol. The van der Waals surface area contributed by atoms with Gasteiger partial charge in [-0.3, -0.25) is 4.68 Å². The maximum Gasteiger partial charge on any atom is 0.319 e. The molecule has 1 aliphatic rings. The number of urea groups is 1. The van der Waals surface area contributed by atoms with Crippen molar-refractivity contribution in [2.75, 3.05) is 5.32 Å². The number of carbonyl (C=O) groups is 1. The Labute approximate surface area is 146 Å². The summed E-state index contributed by atoms with van der Waals surface area (Å²) in [6.07, 6.45) is 10.1. The van der Waals surface area contributed by atoms with E-state index in [4.69, 9.17) is 0 Å². The third-order valence-electron chi connectivity index (χ3n) is 4.35. The first-order chi connectivity index (χ1) is 12.1. The highest BCUT2D eigenvalue weighted by molar-refractivity contribution is 5.89. The van der Waals surface area contributed by atoms with Gasteiger partial charge in [0.05, 0.1) is 18.4 Å². The summed E-state index contributed by atoms with van der Waals surface area (Å²) in [6, 6.07) is 6.17. The van der Waals surface area contributed by atoms with Crippen molar-refractivity contribution in [1.82, 2.24) is 15.1 Å². The number of carbonyl (C=O) groups excluding carboxylic acids is 1. The van der Waals surface area contributed by atoms with Crippen molar-refractivity contribution in [3.63, 3.8) is 0 Å². The first kappa shape index (κ1) is 17.2. The van der Waals surface area contributed by atoms with Crippen LogP contribution in [0.25, 0.3) is 0 Å². The summed E-state index contributed by atoms with van der Waals surface area (Å²) in [5.41, 5.74) is 2.72. The van der Waals surface area contributed by atoms with Gasteiger partial charge in [-0.15, -0.1) is 0 Å². The van der Waals surface area contributed by atoms with Crippen molar-refractivity contribution >= 4 is 11.7 Å². The van der Waals surface area contributed by atoms with Crippen LogP contribution in [-0.4, -0.2) is 21.9 Å². The second-order valence-corrected chi connectivity index (χ2v) is 6.40. The molecule has 0 unspecified atom stereocenters. The van der Waals surface area contributed by atoms with Gasteiger partial charge in [-0.2, -0.15) is 5.10 Å². The van der Waals surface area contributed by atoms with Crippen LogP contribution >= 0.6 is 0 Å². The molecule has 0 fully saturated rings. The number of amides is 2. The summed E-state index contributed by atoms with van der Waals surface area (Å²) in [7, 11) is 0. The van der Waals surface area contributed by atoms with Crippen molar-refractivity contribution in [1.29, 1.82) is 0 Å². The summed E-state index contributed by atoms with van der Waals surface area (Å²) in [5, 5.41) is 9.96. The summed E-state index contributed by atoms with van der Waals surface area (Å²) in [5.74, 6) is -0.270. The maximum atomic E-state index is 13.2. The molecule has 6 heteroatoms. The van der Waals surface area contributed by atoms with Crippen molar-refractivity contribution in [3.8, 4) is 0 Å². The quantitative estimate of drug-likeness (QED) is 0.804. The van der Waals surface area contributed by atoms with Crippen LogP contribution in [0.15, 0.2) is 48.3 Å². The van der Waals surface area contributed by atoms with Crippen LogP contribution in [0.1, 0.15) is 38.2 Å². The van der Waals surface area contributed by atoms with Gasteiger partial charge in [0.25, 0.3) is 0 Å². The van der Waals surface area contributed by atoms with E-state index in [2.05, 4.69) is 21.8 Å². The van der Waals surface area contributed by atoms with Gasteiger partial charge in [-0.1, -0.05) is 23.8 Å². The molecule has 3 rings (SSSR count). The molecule has 0 saturated carbocycles. The molecule has 1 aliphatic carbocycles. The van der Waals surface area contributed by atoms with Gasteiger partial charge in [-0.05, 0) is 50.3 Å². The third kappa shape index (κ3) is 4.92. The van der Waals surface area contributed by atoms with Gasteiger partial charge in [0.2, 0.25) is 0 Å². The smallest absolute Gasteiger partial charge is 0.319 e. The molecule has 2 amide bonds. The Kier molecular flexibility index (Phi) is 5.48. The number of allylic oxidation sites excluding steroid dienone is 1. The minimum Gasteiger partial charge on any atom is -0.332 e. The Morgan fingerprint density at radius 2 is 2.28 bits per heavy atom. The van der Waals surface area contributed by atoms with E-state index in [1.165, 1.54) is 30.5 Å². The van der Waals surface area contributed by atoms with E-state index in [9.17, 15) is 9.18 Å². The zero-order valence-electron chi connectivity index (χ0n) is 14.3. The van der Waals surface area contributed by atoms with E-state index < -0.39 is 0 Å². The standard InChI is InChI=1S/C19H23FN4O/c1-14(16-7-3-2-4-8-16)22-19(25)23-18-11-21-24(13-18)12-15-6-5-9-17(20)10-15/h5-7,9-11,13-14H,2-4,8,12H2,1H3,(H2,22,23,25)/t14-/m1/s1. The second-order valence-electron chi connectivity index (χ2n) is 6.40. The molecule has 1 aromatic heterocycles. The van der Waals surface area contributed by atoms with E-state index in [-0.39, 0.29) is 17.9 Å². The molecule has 1 heterocycles. The molecule has 25 heavy (non-hydrogen) atoms. The highest BCUT2D eigenvalue weighted by Crippen LogP contribution is 2.20. The van der Waals surface area contributed by atoms with Crippen molar-refractivity contribution < 1.29 is 9.18 Å². The topological polar surface area (TPSA) is 59.0 Å². The van der Waals surface area contributed by atoms with Crippen LogP contribution in [0.5, 0.6) is 0 Å². The number of hydrogen-bond acceptors (Lipinski definition) is 2. The number of aromatic nitrogens is 2. The molecular formula is C19H23FN4O. The number of rotatable bonds is 5. The lowest BCUT2D eigenvalue weighted by Crippen LogP contribution is -2.37. The van der Waals surface area contributed by atoms with Crippen LogP contribution in [0.4, 0.5) is 14.9 Å². The Balaban J connectivity index is 1.53. The summed E-state index contributed by atoms with van der Waals surface area (Å²) in [6.45, 7) is 2.45. The fourth-order valence-corrected chi connectivity index (χ4v) is 3.05. The number of halogens is 1. The van der Waals surface area contributed by atoms with Crippen LogP contribution in [0.2, 0.25) is 0 Å². The van der Waals surface area contributed by atoms with E-state index in [1.54, 1.807) is 23.1 Å². The molecule has 0 saturated heterocycles. The number of benzene rings is 1. The average Bonchev–Trinajstić information content (AvgIpc) is 3.02. The molecule has 0 aliphatic heterocycles. The molecule has 0 spiro atoms. The van der Waals surface area contributed by atoms with Crippen molar-refractivity contribution in [2.24, 2.45) is 0 Å². The van der Waals surface area contributed by atoms with E-state index in [0.717, 1.165) is 18.4 Å². The SMILES string of the molecule is C[C@@H](NC(=O)Nc1cnn(Cc2cccc(F)c2)c1)C1=CCCCC1. The molecular weight excluding hydrogens is 319 g/mol. The van der Waals surface area contributed by atoms with Crippen LogP contribution in [0, 0.1) is 5.82 Å². The first-order valence-electron chi connectivity index (χ1n) is 8.63. The third-order valence-corrected chi connectivity index (χ3v) is 4.35. The number of nitrogens with one attached hydrogen (secondary N) is 2. The van der Waals surface area contributed by atoms with Crippen LogP contribution in [-0.2, 0) is 6.54 Å². The second kappa shape index (κ2) is 7.96. The lowest BCUT2D eigenvalue weighted by atomic mass is 9.95. The van der Waals surface area contributed by atoms with Gasteiger partial charge >= 0.3 is 6.03 Å². The Morgan fingerprint density at radius 3 is 3.04 bits per heavy atom. The van der Waals surface area contributed by atoms with E-state index in [1.807, 2.05) is 13.0 Å². The van der Waals surface area contributed by atoms with Crippen LogP contribution in [0.3, 0.4) is 0 Å². The molecule has 132 valence electrons. The van der Waals surface area contributed by atoms with Gasteiger partial charge in [0.1, 0.15) is 5.82 Å². The number of nitrogens with zero attached hydrogens (tertiary/aromatic N) is 2. The number of anilines is 1. The summed E-state index contributed by atoms with van der Waals surface area (Å²) in [4.78, 5) is 12.1. The number of hydrogen-bond donors (Lipinski definition) is 2. The van der Waals surface area contributed by atoms with Crippen molar-refractivity contribution in [3.05, 3.63) is 59.7 Å². The highest BCUT2D eigenvalue weighted by Gasteiger charge is 2.14. The normalized spacial score (nSPS) is 15.4. The molecule has 2 N–H and O–H groups in total. The summed E-state index contributed by atoms with van der Waals surface area (Å²) >= 11 is 0. The van der Waals surface area contributed by atoms with E-state index >= 15 is 0 Å². The predicted molar refractivity (Wildman–Crippen MR) is 95.9 cm³/mol. The highest BCUT2D eigenvalue weighted by atomic mass is 19.1. The summed E-state index contributed by atoms with van der Waals surface area (Å²) < 4.78 is 14.9. The zero-order valence-corrected chi connectivity index (χ0v) is 14.3. The molecule has 0 radical (unpaired) electrons. The van der Waals surface area contributed by atoms with Gasteiger partial charge in [0.15, 0.2) is 0 Å². The lowest BCUT2D eigenvalue weighted by Gasteiger charge is -2.20. The first-order valence-corrected chi connectivity index (χ1v) is 8.63. The molecule has 1 aromatic carbocycles. The minimum atomic E-state index is -0.270. The zero-order chi connectivity index (χ0) is 17.6. The lowest BCUT2D eigenvalue weighted by molar-refractivity contribution is 0.250. The molecule has 0 bridgehead atoms. The van der Waals surface area contributed by atoms with Gasteiger partial charge < -0.3 is 10.6 Å². The Morgan fingerprint density at radius 1 is 1.40 bits per heavy atom. The van der Waals surface area contributed by atoms with Crippen LogP contribution < -0.4 is 10.6 Å². The largest absolute Gasteiger partial charge is 0.332 e. The van der Waals surface area contributed by atoms with Gasteiger partial charge in [-0.25, -0.2) is 9.18 Å². The van der Waals surface area contributed by atoms with E-state index in [0.29, 0.717) is 12.2 Å². The predicted octanol–water partition coefficient (Wildman–Crippen LogP) is 4.08. The molecule has 1 atom stereocenters. The maximum absolute atomic E-state index is 13.2. The Hall–Kier alpha value is -2.63. The molecule has 2 aromatic rings. The van der Waals surface area contributed by atoms with Crippen molar-refractivity contribution in [2.45, 2.75) is 45.2 Å². The fourth-order valence-electron chi connectivity index (χ4n) is 3.05. The minimum absolute atomic E-state index is 0.0302. The molecule has 5 nitrogen and oxygen atoms in total. The fraction of sp³-hybridized carbons (Fsp3) is 0.368. The monoisotopic (exact) mass is 342 g/mol.